The second-order valence-electron chi connectivity index (χ2n) is 6.14. The van der Waals surface area contributed by atoms with Crippen LogP contribution in [0.5, 0.6) is 0 Å². The van der Waals surface area contributed by atoms with Crippen LogP contribution < -0.4 is 5.32 Å². The van der Waals surface area contributed by atoms with Crippen molar-refractivity contribution in [3.05, 3.63) is 0 Å². The molecule has 0 radical (unpaired) electrons. The lowest BCUT2D eigenvalue weighted by atomic mass is 9.81. The Morgan fingerprint density at radius 2 is 1.72 bits per heavy atom. The normalized spacial score (nSPS) is 28.8. The van der Waals surface area contributed by atoms with Gasteiger partial charge in [0.15, 0.2) is 0 Å². The highest BCUT2D eigenvalue weighted by molar-refractivity contribution is 4.89. The Morgan fingerprint density at radius 1 is 1.11 bits per heavy atom. The van der Waals surface area contributed by atoms with Gasteiger partial charge in [0.25, 0.3) is 0 Å². The van der Waals surface area contributed by atoms with Gasteiger partial charge in [-0.3, -0.25) is 4.90 Å². The average molecular weight is 254 g/mol. The van der Waals surface area contributed by atoms with Gasteiger partial charge in [-0.15, -0.1) is 0 Å². The van der Waals surface area contributed by atoms with E-state index in [2.05, 4.69) is 31.0 Å². The molecule has 0 aromatic carbocycles. The molecule has 2 aliphatic rings. The number of nitrogens with one attached hydrogen (secondary N) is 1. The fourth-order valence-corrected chi connectivity index (χ4v) is 3.47. The zero-order chi connectivity index (χ0) is 13.0. The van der Waals surface area contributed by atoms with Gasteiger partial charge in [-0.25, -0.2) is 0 Å². The van der Waals surface area contributed by atoms with E-state index in [0.29, 0.717) is 17.6 Å². The van der Waals surface area contributed by atoms with Crippen molar-refractivity contribution in [1.29, 1.82) is 0 Å². The summed E-state index contributed by atoms with van der Waals surface area (Å²) in [5.41, 5.74) is 0.451. The zero-order valence-electron chi connectivity index (χ0n) is 12.4. The Morgan fingerprint density at radius 3 is 2.22 bits per heavy atom. The maximum atomic E-state index is 5.93. The molecule has 3 nitrogen and oxygen atoms in total. The molecule has 2 heterocycles. The predicted octanol–water partition coefficient (Wildman–Crippen LogP) is 2.27. The van der Waals surface area contributed by atoms with Crippen molar-refractivity contribution in [3.8, 4) is 0 Å². The molecule has 2 bridgehead atoms. The van der Waals surface area contributed by atoms with Crippen LogP contribution in [0.3, 0.4) is 0 Å². The molecular weight excluding hydrogens is 224 g/mol. The number of fused-ring (bicyclic) bond motifs is 2. The van der Waals surface area contributed by atoms with Crippen molar-refractivity contribution in [3.63, 3.8) is 0 Å². The van der Waals surface area contributed by atoms with Gasteiger partial charge in [0.2, 0.25) is 0 Å². The number of likely N-dealkylation sites (tertiary alicyclic amines) is 1. The lowest BCUT2D eigenvalue weighted by Gasteiger charge is -2.41. The molecule has 106 valence electrons. The van der Waals surface area contributed by atoms with Gasteiger partial charge < -0.3 is 10.1 Å². The van der Waals surface area contributed by atoms with Gasteiger partial charge in [-0.2, -0.15) is 0 Å². The van der Waals surface area contributed by atoms with Crippen LogP contribution in [0, 0.1) is 5.41 Å². The number of morpholine rings is 1. The summed E-state index contributed by atoms with van der Waals surface area (Å²) >= 11 is 0. The SMILES string of the molecule is CCNCC(CC)(CC)CN1CC2CCC(C1)O2. The molecule has 2 atom stereocenters. The second kappa shape index (κ2) is 6.36. The van der Waals surface area contributed by atoms with Crippen molar-refractivity contribution in [2.24, 2.45) is 5.41 Å². The standard InChI is InChI=1S/C15H30N2O/c1-4-15(5-2,11-16-6-3)12-17-9-13-7-8-14(10-17)18-13/h13-14,16H,4-12H2,1-3H3. The van der Waals surface area contributed by atoms with Crippen LogP contribution in [0.1, 0.15) is 46.5 Å². The summed E-state index contributed by atoms with van der Waals surface area (Å²) in [6, 6.07) is 0. The van der Waals surface area contributed by atoms with Crippen LogP contribution in [-0.4, -0.2) is 49.8 Å². The third-order valence-corrected chi connectivity index (χ3v) is 4.93. The molecule has 0 aromatic heterocycles. The van der Waals surface area contributed by atoms with Crippen LogP contribution in [0.2, 0.25) is 0 Å². The maximum absolute atomic E-state index is 5.93. The van der Waals surface area contributed by atoms with E-state index in [1.165, 1.54) is 32.2 Å². The Balaban J connectivity index is 1.91. The zero-order valence-corrected chi connectivity index (χ0v) is 12.4. The third-order valence-electron chi connectivity index (χ3n) is 4.93. The van der Waals surface area contributed by atoms with Gasteiger partial charge in [0, 0.05) is 26.2 Å². The molecule has 2 fully saturated rings. The molecule has 3 heteroatoms. The highest BCUT2D eigenvalue weighted by atomic mass is 16.5. The Hall–Kier alpha value is -0.120. The van der Waals surface area contributed by atoms with Crippen LogP contribution in [0.4, 0.5) is 0 Å². The lowest BCUT2D eigenvalue weighted by molar-refractivity contribution is -0.0514. The summed E-state index contributed by atoms with van der Waals surface area (Å²) in [4.78, 5) is 2.66. The predicted molar refractivity (Wildman–Crippen MR) is 75.9 cm³/mol. The maximum Gasteiger partial charge on any atom is 0.0707 e. The number of hydrogen-bond acceptors (Lipinski definition) is 3. The quantitative estimate of drug-likeness (QED) is 0.754. The Bertz CT molecular complexity index is 241. The van der Waals surface area contributed by atoms with Gasteiger partial charge in [0.05, 0.1) is 12.2 Å². The minimum atomic E-state index is 0.451. The highest BCUT2D eigenvalue weighted by Crippen LogP contribution is 2.31. The molecule has 0 aliphatic carbocycles. The fourth-order valence-electron chi connectivity index (χ4n) is 3.47. The van der Waals surface area contributed by atoms with Crippen molar-refractivity contribution in [1.82, 2.24) is 10.2 Å². The van der Waals surface area contributed by atoms with Gasteiger partial charge in [-0.05, 0) is 37.6 Å². The van der Waals surface area contributed by atoms with E-state index in [9.17, 15) is 0 Å². The van der Waals surface area contributed by atoms with E-state index in [-0.39, 0.29) is 0 Å². The third kappa shape index (κ3) is 3.25. The molecule has 2 unspecified atom stereocenters. The summed E-state index contributed by atoms with van der Waals surface area (Å²) in [5.74, 6) is 0. The molecule has 0 spiro atoms. The van der Waals surface area contributed by atoms with Crippen molar-refractivity contribution < 1.29 is 4.74 Å². The molecule has 18 heavy (non-hydrogen) atoms. The fraction of sp³-hybridized carbons (Fsp3) is 1.00. The molecule has 2 rings (SSSR count). The first-order valence-electron chi connectivity index (χ1n) is 7.80. The summed E-state index contributed by atoms with van der Waals surface area (Å²) in [6.45, 7) is 12.7. The first-order valence-corrected chi connectivity index (χ1v) is 7.80. The number of hydrogen-bond donors (Lipinski definition) is 1. The van der Waals surface area contributed by atoms with Crippen molar-refractivity contribution >= 4 is 0 Å². The van der Waals surface area contributed by atoms with Gasteiger partial charge in [0.1, 0.15) is 0 Å². The minimum absolute atomic E-state index is 0.451. The van der Waals surface area contributed by atoms with E-state index in [1.54, 1.807) is 0 Å². The number of ether oxygens (including phenoxy) is 1. The topological polar surface area (TPSA) is 24.5 Å². The number of rotatable bonds is 7. The Kier molecular flexibility index (Phi) is 5.05. The highest BCUT2D eigenvalue weighted by Gasteiger charge is 2.37. The smallest absolute Gasteiger partial charge is 0.0707 e. The largest absolute Gasteiger partial charge is 0.372 e. The number of nitrogens with zero attached hydrogens (tertiary/aromatic N) is 1. The average Bonchev–Trinajstić information content (AvgIpc) is 2.74. The van der Waals surface area contributed by atoms with Gasteiger partial charge in [-0.1, -0.05) is 20.8 Å². The van der Waals surface area contributed by atoms with E-state index in [1.807, 2.05) is 0 Å². The molecular formula is C15H30N2O. The first kappa shape index (κ1) is 14.3. The van der Waals surface area contributed by atoms with E-state index in [4.69, 9.17) is 4.74 Å². The monoisotopic (exact) mass is 254 g/mol. The molecule has 0 aromatic rings. The van der Waals surface area contributed by atoms with E-state index < -0.39 is 0 Å². The molecule has 0 saturated carbocycles. The minimum Gasteiger partial charge on any atom is -0.372 e. The van der Waals surface area contributed by atoms with Crippen LogP contribution in [-0.2, 0) is 4.74 Å². The molecule has 1 N–H and O–H groups in total. The molecule has 2 saturated heterocycles. The summed E-state index contributed by atoms with van der Waals surface area (Å²) in [7, 11) is 0. The lowest BCUT2D eigenvalue weighted by Crippen LogP contribution is -2.50. The van der Waals surface area contributed by atoms with Crippen LogP contribution in [0.25, 0.3) is 0 Å². The van der Waals surface area contributed by atoms with Crippen LogP contribution in [0.15, 0.2) is 0 Å². The summed E-state index contributed by atoms with van der Waals surface area (Å²) in [5, 5.41) is 3.56. The molecule has 2 aliphatic heterocycles. The van der Waals surface area contributed by atoms with E-state index >= 15 is 0 Å². The van der Waals surface area contributed by atoms with Gasteiger partial charge >= 0.3 is 0 Å². The van der Waals surface area contributed by atoms with E-state index in [0.717, 1.165) is 26.2 Å². The van der Waals surface area contributed by atoms with Crippen LogP contribution >= 0.6 is 0 Å². The summed E-state index contributed by atoms with van der Waals surface area (Å²) in [6.07, 6.45) is 6.13. The summed E-state index contributed by atoms with van der Waals surface area (Å²) < 4.78 is 5.93. The van der Waals surface area contributed by atoms with Crippen molar-refractivity contribution in [2.45, 2.75) is 58.7 Å². The second-order valence-corrected chi connectivity index (χ2v) is 6.14. The Labute approximate surface area is 112 Å². The first-order chi connectivity index (χ1) is 8.71. The molecule has 0 amide bonds. The van der Waals surface area contributed by atoms with Crippen molar-refractivity contribution in [2.75, 3.05) is 32.7 Å².